The first-order valence-corrected chi connectivity index (χ1v) is 8.33. The molecule has 23 heavy (non-hydrogen) atoms. The number of nitrogens with zero attached hydrogens (tertiary/aromatic N) is 1. The minimum atomic E-state index is -0.383. The van der Waals surface area contributed by atoms with Gasteiger partial charge in [0.1, 0.15) is 5.75 Å². The van der Waals surface area contributed by atoms with Crippen molar-refractivity contribution in [3.8, 4) is 5.75 Å². The molecule has 1 heterocycles. The van der Waals surface area contributed by atoms with Crippen LogP contribution in [0.1, 0.15) is 35.6 Å². The van der Waals surface area contributed by atoms with E-state index in [4.69, 9.17) is 4.74 Å². The maximum atomic E-state index is 12.9. The topological polar surface area (TPSA) is 29.5 Å². The van der Waals surface area contributed by atoms with E-state index in [0.29, 0.717) is 6.42 Å². The summed E-state index contributed by atoms with van der Waals surface area (Å²) in [5.41, 5.74) is 3.80. The van der Waals surface area contributed by atoms with Gasteiger partial charge in [0.25, 0.3) is 5.91 Å². The van der Waals surface area contributed by atoms with Gasteiger partial charge in [-0.2, -0.15) is 0 Å². The molecule has 0 aromatic heterocycles. The van der Waals surface area contributed by atoms with E-state index in [2.05, 4.69) is 24.3 Å². The molecule has 0 radical (unpaired) electrons. The first-order chi connectivity index (χ1) is 11.2. The molecule has 0 N–H and O–H groups in total. The van der Waals surface area contributed by atoms with Crippen molar-refractivity contribution >= 4 is 5.91 Å². The lowest BCUT2D eigenvalue weighted by Crippen LogP contribution is -2.42. The van der Waals surface area contributed by atoms with Gasteiger partial charge >= 0.3 is 0 Å². The molecule has 4 rings (SSSR count). The zero-order valence-corrected chi connectivity index (χ0v) is 13.4. The number of carbonyl (C=O) groups excluding carboxylic acids is 1. The lowest BCUT2D eigenvalue weighted by Gasteiger charge is -2.34. The van der Waals surface area contributed by atoms with E-state index in [9.17, 15) is 4.79 Å². The molecule has 1 aliphatic carbocycles. The molecular weight excluding hydrogens is 286 g/mol. The van der Waals surface area contributed by atoms with Crippen molar-refractivity contribution in [3.05, 3.63) is 65.2 Å². The number of para-hydroxylation sites is 1. The van der Waals surface area contributed by atoms with E-state index >= 15 is 0 Å². The SMILES string of the molecule is CN(C(=O)[C@H]1Cc2ccccc2O1)[C@H]1CCCc2ccccc21. The number of rotatable bonds is 2. The Morgan fingerprint density at radius 2 is 1.83 bits per heavy atom. The van der Waals surface area contributed by atoms with E-state index in [1.165, 1.54) is 11.1 Å². The summed E-state index contributed by atoms with van der Waals surface area (Å²) in [4.78, 5) is 14.8. The Hall–Kier alpha value is -2.29. The minimum Gasteiger partial charge on any atom is -0.480 e. The van der Waals surface area contributed by atoms with Crippen molar-refractivity contribution in [1.29, 1.82) is 0 Å². The lowest BCUT2D eigenvalue weighted by molar-refractivity contribution is -0.139. The van der Waals surface area contributed by atoms with Crippen LogP contribution >= 0.6 is 0 Å². The minimum absolute atomic E-state index is 0.0860. The van der Waals surface area contributed by atoms with Gasteiger partial charge in [0.05, 0.1) is 6.04 Å². The quantitative estimate of drug-likeness (QED) is 0.849. The van der Waals surface area contributed by atoms with Crippen molar-refractivity contribution in [2.45, 2.75) is 37.8 Å². The maximum absolute atomic E-state index is 12.9. The van der Waals surface area contributed by atoms with Crippen LogP contribution in [0.25, 0.3) is 0 Å². The van der Waals surface area contributed by atoms with Crippen LogP contribution in [0.4, 0.5) is 0 Å². The summed E-state index contributed by atoms with van der Waals surface area (Å²) in [6.45, 7) is 0. The molecule has 0 saturated carbocycles. The average molecular weight is 307 g/mol. The lowest BCUT2D eigenvalue weighted by atomic mass is 9.87. The second kappa shape index (κ2) is 5.73. The normalized spacial score (nSPS) is 22.0. The Morgan fingerprint density at radius 3 is 2.65 bits per heavy atom. The Kier molecular flexibility index (Phi) is 3.56. The number of carbonyl (C=O) groups is 1. The highest BCUT2D eigenvalue weighted by atomic mass is 16.5. The zero-order valence-electron chi connectivity index (χ0n) is 13.4. The van der Waals surface area contributed by atoms with Gasteiger partial charge in [-0.3, -0.25) is 4.79 Å². The van der Waals surface area contributed by atoms with Gasteiger partial charge < -0.3 is 9.64 Å². The third kappa shape index (κ3) is 2.50. The van der Waals surface area contributed by atoms with Crippen LogP contribution < -0.4 is 4.74 Å². The number of amides is 1. The fraction of sp³-hybridized carbons (Fsp3) is 0.350. The Labute approximate surface area is 136 Å². The summed E-state index contributed by atoms with van der Waals surface area (Å²) in [6.07, 6.45) is 3.56. The monoisotopic (exact) mass is 307 g/mol. The van der Waals surface area contributed by atoms with Crippen LogP contribution in [0.15, 0.2) is 48.5 Å². The predicted octanol–water partition coefficient (Wildman–Crippen LogP) is 3.53. The van der Waals surface area contributed by atoms with Crippen molar-refractivity contribution in [3.63, 3.8) is 0 Å². The first kappa shape index (κ1) is 14.3. The molecular formula is C20H21NO2. The summed E-state index contributed by atoms with van der Waals surface area (Å²) in [7, 11) is 1.92. The first-order valence-electron chi connectivity index (χ1n) is 8.33. The van der Waals surface area contributed by atoms with Crippen molar-refractivity contribution in [2.24, 2.45) is 0 Å². The molecule has 2 aromatic carbocycles. The summed E-state index contributed by atoms with van der Waals surface area (Å²) in [5.74, 6) is 0.936. The summed E-state index contributed by atoms with van der Waals surface area (Å²) >= 11 is 0. The van der Waals surface area contributed by atoms with Crippen LogP contribution in [-0.2, 0) is 17.6 Å². The van der Waals surface area contributed by atoms with E-state index in [1.807, 2.05) is 36.2 Å². The Bertz CT molecular complexity index is 715. The number of hydrogen-bond donors (Lipinski definition) is 0. The van der Waals surface area contributed by atoms with Gasteiger partial charge in [-0.15, -0.1) is 0 Å². The number of aryl methyl sites for hydroxylation is 1. The van der Waals surface area contributed by atoms with Gasteiger partial charge in [0.15, 0.2) is 6.10 Å². The molecule has 1 amide bonds. The number of ether oxygens (including phenoxy) is 1. The van der Waals surface area contributed by atoms with Crippen LogP contribution in [0.5, 0.6) is 5.75 Å². The largest absolute Gasteiger partial charge is 0.480 e. The standard InChI is InChI=1S/C20H21NO2/c1-21(17-11-6-9-14-7-2-4-10-16(14)17)20(22)19-13-15-8-3-5-12-18(15)23-19/h2-5,7-8,10,12,17,19H,6,9,11,13H2,1H3/t17-,19+/m0/s1. The van der Waals surface area contributed by atoms with Gasteiger partial charge in [-0.1, -0.05) is 42.5 Å². The van der Waals surface area contributed by atoms with Gasteiger partial charge in [-0.05, 0) is 42.0 Å². The third-order valence-corrected chi connectivity index (χ3v) is 5.08. The second-order valence-electron chi connectivity index (χ2n) is 6.47. The highest BCUT2D eigenvalue weighted by molar-refractivity contribution is 5.83. The molecule has 0 fully saturated rings. The maximum Gasteiger partial charge on any atom is 0.264 e. The molecule has 1 aliphatic heterocycles. The number of likely N-dealkylation sites (N-methyl/N-ethyl adjacent to an activating group) is 1. The summed E-state index contributed by atoms with van der Waals surface area (Å²) in [5, 5.41) is 0. The smallest absolute Gasteiger partial charge is 0.264 e. The number of hydrogen-bond acceptors (Lipinski definition) is 2. The number of fused-ring (bicyclic) bond motifs is 2. The fourth-order valence-corrected chi connectivity index (χ4v) is 3.83. The van der Waals surface area contributed by atoms with Crippen molar-refractivity contribution in [1.82, 2.24) is 4.90 Å². The second-order valence-corrected chi connectivity index (χ2v) is 6.47. The van der Waals surface area contributed by atoms with Gasteiger partial charge in [0, 0.05) is 13.5 Å². The molecule has 3 heteroatoms. The number of benzene rings is 2. The molecule has 2 aromatic rings. The molecule has 2 aliphatic rings. The molecule has 3 nitrogen and oxygen atoms in total. The molecule has 0 spiro atoms. The molecule has 2 atom stereocenters. The fourth-order valence-electron chi connectivity index (χ4n) is 3.83. The van der Waals surface area contributed by atoms with Crippen LogP contribution in [0.3, 0.4) is 0 Å². The highest BCUT2D eigenvalue weighted by Crippen LogP contribution is 2.35. The van der Waals surface area contributed by atoms with Crippen LogP contribution in [0.2, 0.25) is 0 Å². The summed E-state index contributed by atoms with van der Waals surface area (Å²) < 4.78 is 5.88. The molecule has 0 unspecified atom stereocenters. The third-order valence-electron chi connectivity index (χ3n) is 5.08. The van der Waals surface area contributed by atoms with Crippen molar-refractivity contribution < 1.29 is 9.53 Å². The van der Waals surface area contributed by atoms with E-state index < -0.39 is 0 Å². The van der Waals surface area contributed by atoms with Gasteiger partial charge in [-0.25, -0.2) is 0 Å². The Balaban J connectivity index is 1.54. The molecule has 0 saturated heterocycles. The van der Waals surface area contributed by atoms with E-state index in [1.54, 1.807) is 0 Å². The predicted molar refractivity (Wildman–Crippen MR) is 89.5 cm³/mol. The molecule has 118 valence electrons. The molecule has 0 bridgehead atoms. The van der Waals surface area contributed by atoms with Crippen LogP contribution in [0, 0.1) is 0 Å². The summed E-state index contributed by atoms with van der Waals surface area (Å²) in [6, 6.07) is 16.6. The van der Waals surface area contributed by atoms with Crippen molar-refractivity contribution in [2.75, 3.05) is 7.05 Å². The van der Waals surface area contributed by atoms with Gasteiger partial charge in [0.2, 0.25) is 0 Å². The zero-order chi connectivity index (χ0) is 15.8. The average Bonchev–Trinajstić information content (AvgIpc) is 3.04. The highest BCUT2D eigenvalue weighted by Gasteiger charge is 2.35. The van der Waals surface area contributed by atoms with E-state index in [0.717, 1.165) is 30.6 Å². The van der Waals surface area contributed by atoms with Crippen LogP contribution in [-0.4, -0.2) is 24.0 Å². The Morgan fingerprint density at radius 1 is 1.09 bits per heavy atom. The van der Waals surface area contributed by atoms with E-state index in [-0.39, 0.29) is 18.1 Å².